The van der Waals surface area contributed by atoms with Crippen molar-refractivity contribution in [3.63, 3.8) is 0 Å². The quantitative estimate of drug-likeness (QED) is 0.599. The minimum atomic E-state index is 0.0766. The van der Waals surface area contributed by atoms with Crippen molar-refractivity contribution in [1.29, 1.82) is 0 Å². The van der Waals surface area contributed by atoms with E-state index in [2.05, 4.69) is 15.5 Å². The van der Waals surface area contributed by atoms with Gasteiger partial charge >= 0.3 is 0 Å². The summed E-state index contributed by atoms with van der Waals surface area (Å²) >= 11 is 2.95. The van der Waals surface area contributed by atoms with E-state index in [1.165, 1.54) is 29.4 Å². The summed E-state index contributed by atoms with van der Waals surface area (Å²) in [5.41, 5.74) is 6.62. The standard InChI is InChI=1S/C12H16N4O2S2/c1-3-7(17)10-9(13)11(19-2)12(20-10)14-5-4-8-15-6-16-18-8/h6,14H,3-5,13H2,1-2H3. The fourth-order valence-corrected chi connectivity index (χ4v) is 3.77. The van der Waals surface area contributed by atoms with Crippen LogP contribution in [0.15, 0.2) is 15.7 Å². The van der Waals surface area contributed by atoms with Gasteiger partial charge < -0.3 is 15.6 Å². The molecule has 108 valence electrons. The van der Waals surface area contributed by atoms with Crippen LogP contribution in [0.1, 0.15) is 28.9 Å². The second-order valence-corrected chi connectivity index (χ2v) is 5.83. The van der Waals surface area contributed by atoms with Gasteiger partial charge in [0.2, 0.25) is 5.89 Å². The average Bonchev–Trinajstić information content (AvgIpc) is 3.06. The molecule has 0 radical (unpaired) electrons. The van der Waals surface area contributed by atoms with Gasteiger partial charge in [-0.2, -0.15) is 4.98 Å². The smallest absolute Gasteiger partial charge is 0.228 e. The van der Waals surface area contributed by atoms with Crippen molar-refractivity contribution in [2.75, 3.05) is 23.9 Å². The normalized spacial score (nSPS) is 10.7. The van der Waals surface area contributed by atoms with Crippen molar-refractivity contribution in [3.05, 3.63) is 17.1 Å². The largest absolute Gasteiger partial charge is 0.396 e. The highest BCUT2D eigenvalue weighted by Crippen LogP contribution is 2.42. The Morgan fingerprint density at radius 1 is 1.60 bits per heavy atom. The molecule has 6 nitrogen and oxygen atoms in total. The van der Waals surface area contributed by atoms with Crippen molar-refractivity contribution in [1.82, 2.24) is 10.1 Å². The van der Waals surface area contributed by atoms with Gasteiger partial charge in [0.15, 0.2) is 12.1 Å². The number of hydrogen-bond donors (Lipinski definition) is 2. The van der Waals surface area contributed by atoms with Crippen LogP contribution in [0.5, 0.6) is 0 Å². The van der Waals surface area contributed by atoms with Crippen molar-refractivity contribution in [3.8, 4) is 0 Å². The monoisotopic (exact) mass is 312 g/mol. The van der Waals surface area contributed by atoms with Gasteiger partial charge in [-0.1, -0.05) is 12.1 Å². The molecule has 2 heterocycles. The molecule has 0 saturated heterocycles. The molecule has 0 saturated carbocycles. The zero-order chi connectivity index (χ0) is 14.5. The highest BCUT2D eigenvalue weighted by Gasteiger charge is 2.19. The summed E-state index contributed by atoms with van der Waals surface area (Å²) in [5.74, 6) is 0.658. The third-order valence-corrected chi connectivity index (χ3v) is 4.88. The average molecular weight is 312 g/mol. The molecule has 3 N–H and O–H groups in total. The molecule has 8 heteroatoms. The van der Waals surface area contributed by atoms with E-state index in [1.54, 1.807) is 0 Å². The van der Waals surface area contributed by atoms with Gasteiger partial charge in [-0.15, -0.1) is 23.1 Å². The molecule has 2 aromatic heterocycles. The summed E-state index contributed by atoms with van der Waals surface area (Å²) in [5, 5.41) is 7.76. The molecule has 0 aromatic carbocycles. The number of Topliss-reactive ketones (excluding diaryl/α,β-unsaturated/α-hetero) is 1. The predicted molar refractivity (Wildman–Crippen MR) is 81.6 cm³/mol. The lowest BCUT2D eigenvalue weighted by molar-refractivity contribution is 0.0992. The van der Waals surface area contributed by atoms with E-state index >= 15 is 0 Å². The molecular formula is C12H16N4O2S2. The molecule has 0 unspecified atom stereocenters. The summed E-state index contributed by atoms with van der Waals surface area (Å²) in [6.07, 6.45) is 4.41. The number of aromatic nitrogens is 2. The molecule has 20 heavy (non-hydrogen) atoms. The van der Waals surface area contributed by atoms with Crippen LogP contribution in [-0.4, -0.2) is 28.7 Å². The number of thiophene rings is 1. The molecular weight excluding hydrogens is 296 g/mol. The minimum absolute atomic E-state index is 0.0766. The summed E-state index contributed by atoms with van der Waals surface area (Å²) in [6, 6.07) is 0. The number of nitrogens with one attached hydrogen (secondary N) is 1. The highest BCUT2D eigenvalue weighted by molar-refractivity contribution is 7.99. The summed E-state index contributed by atoms with van der Waals surface area (Å²) in [7, 11) is 0. The number of rotatable bonds is 7. The van der Waals surface area contributed by atoms with Crippen molar-refractivity contribution >= 4 is 39.6 Å². The number of ketones is 1. The van der Waals surface area contributed by atoms with Crippen LogP contribution in [0.2, 0.25) is 0 Å². The van der Waals surface area contributed by atoms with Crippen molar-refractivity contribution in [2.24, 2.45) is 0 Å². The first-order chi connectivity index (χ1) is 9.67. The number of anilines is 2. The Hall–Kier alpha value is -1.54. The van der Waals surface area contributed by atoms with E-state index in [0.29, 0.717) is 35.8 Å². The molecule has 2 rings (SSSR count). The van der Waals surface area contributed by atoms with E-state index < -0.39 is 0 Å². The highest BCUT2D eigenvalue weighted by atomic mass is 32.2. The predicted octanol–water partition coefficient (Wildman–Crippen LogP) is 2.68. The molecule has 0 fully saturated rings. The number of thioether (sulfide) groups is 1. The maximum Gasteiger partial charge on any atom is 0.228 e. The molecule has 0 amide bonds. The molecule has 0 atom stereocenters. The Balaban J connectivity index is 2.08. The number of nitrogens with zero attached hydrogens (tertiary/aromatic N) is 2. The Bertz CT molecular complexity index is 581. The molecule has 0 aliphatic carbocycles. The Morgan fingerprint density at radius 2 is 2.40 bits per heavy atom. The van der Waals surface area contributed by atoms with Gasteiger partial charge in [0.25, 0.3) is 0 Å². The van der Waals surface area contributed by atoms with Gasteiger partial charge in [0.05, 0.1) is 15.5 Å². The van der Waals surface area contributed by atoms with E-state index in [-0.39, 0.29) is 5.78 Å². The first kappa shape index (κ1) is 14.9. The van der Waals surface area contributed by atoms with Crippen molar-refractivity contribution in [2.45, 2.75) is 24.7 Å². The van der Waals surface area contributed by atoms with Gasteiger partial charge in [-0.25, -0.2) is 0 Å². The first-order valence-corrected chi connectivity index (χ1v) is 8.20. The van der Waals surface area contributed by atoms with Crippen LogP contribution >= 0.6 is 23.1 Å². The van der Waals surface area contributed by atoms with E-state index in [0.717, 1.165) is 9.90 Å². The third kappa shape index (κ3) is 3.13. The van der Waals surface area contributed by atoms with E-state index in [4.69, 9.17) is 10.3 Å². The lowest BCUT2D eigenvalue weighted by Crippen LogP contribution is -2.04. The fourth-order valence-electron chi connectivity index (χ4n) is 1.70. The topological polar surface area (TPSA) is 94.0 Å². The van der Waals surface area contributed by atoms with Crippen LogP contribution in [-0.2, 0) is 6.42 Å². The summed E-state index contributed by atoms with van der Waals surface area (Å²) < 4.78 is 4.93. The summed E-state index contributed by atoms with van der Waals surface area (Å²) in [4.78, 5) is 17.4. The Morgan fingerprint density at radius 3 is 3.00 bits per heavy atom. The van der Waals surface area contributed by atoms with Gasteiger partial charge in [0, 0.05) is 19.4 Å². The third-order valence-electron chi connectivity index (χ3n) is 2.71. The molecule has 0 aliphatic rings. The zero-order valence-electron chi connectivity index (χ0n) is 11.3. The van der Waals surface area contributed by atoms with Crippen molar-refractivity contribution < 1.29 is 9.32 Å². The molecule has 0 spiro atoms. The molecule has 2 aromatic rings. The maximum absolute atomic E-state index is 11.8. The number of nitrogen functional groups attached to an aromatic ring is 1. The van der Waals surface area contributed by atoms with Crippen LogP contribution in [0, 0.1) is 0 Å². The van der Waals surface area contributed by atoms with E-state index in [1.807, 2.05) is 13.2 Å². The Labute approximate surface area is 125 Å². The lowest BCUT2D eigenvalue weighted by Gasteiger charge is -2.04. The van der Waals surface area contributed by atoms with Gasteiger partial charge in [0.1, 0.15) is 5.00 Å². The maximum atomic E-state index is 11.8. The lowest BCUT2D eigenvalue weighted by atomic mass is 10.2. The van der Waals surface area contributed by atoms with E-state index in [9.17, 15) is 4.79 Å². The molecule has 0 aliphatic heterocycles. The second-order valence-electron chi connectivity index (χ2n) is 4.00. The number of carbonyl (C=O) groups is 1. The van der Waals surface area contributed by atoms with Crippen LogP contribution in [0.3, 0.4) is 0 Å². The summed E-state index contributed by atoms with van der Waals surface area (Å²) in [6.45, 7) is 2.48. The van der Waals surface area contributed by atoms with Crippen LogP contribution in [0.25, 0.3) is 0 Å². The Kier molecular flexibility index (Phi) is 5.02. The number of nitrogens with two attached hydrogens (primary N) is 1. The zero-order valence-corrected chi connectivity index (χ0v) is 12.9. The second kappa shape index (κ2) is 6.76. The van der Waals surface area contributed by atoms with Crippen LogP contribution < -0.4 is 11.1 Å². The molecule has 0 bridgehead atoms. The minimum Gasteiger partial charge on any atom is -0.396 e. The first-order valence-electron chi connectivity index (χ1n) is 6.16. The van der Waals surface area contributed by atoms with Gasteiger partial charge in [-0.3, -0.25) is 4.79 Å². The fraction of sp³-hybridized carbons (Fsp3) is 0.417. The van der Waals surface area contributed by atoms with Crippen LogP contribution in [0.4, 0.5) is 10.7 Å². The SMILES string of the molecule is CCC(=O)c1sc(NCCc2ncno2)c(SC)c1N. The van der Waals surface area contributed by atoms with Gasteiger partial charge in [-0.05, 0) is 6.26 Å². The number of carbonyl (C=O) groups excluding carboxylic acids is 1. The number of hydrogen-bond acceptors (Lipinski definition) is 8.